The third-order valence-electron chi connectivity index (χ3n) is 8.94. The van der Waals surface area contributed by atoms with Crippen molar-refractivity contribution in [2.45, 2.75) is 94.2 Å². The van der Waals surface area contributed by atoms with E-state index in [4.69, 9.17) is 4.43 Å². The molecule has 230 valence electrons. The molecule has 0 bridgehead atoms. The summed E-state index contributed by atoms with van der Waals surface area (Å²) >= 11 is 0. The van der Waals surface area contributed by atoms with Crippen molar-refractivity contribution in [1.82, 2.24) is 4.72 Å². The predicted molar refractivity (Wildman–Crippen MR) is 180 cm³/mol. The summed E-state index contributed by atoms with van der Waals surface area (Å²) in [6, 6.07) is 30.3. The van der Waals surface area contributed by atoms with E-state index >= 15 is 0 Å². The molecule has 0 saturated carbocycles. The topological polar surface area (TPSA) is 75.6 Å². The molecule has 0 aromatic heterocycles. The smallest absolute Gasteiger partial charge is 0.241 e. The SMILES string of the molecule is CC(O[Si](C(C)C)(C(C)C)C(C)(C)C)C(NS(=O)(=O)c1cccc2ccccc12)C(O)(c1ccccc1)c1ccccc1. The summed E-state index contributed by atoms with van der Waals surface area (Å²) in [6.45, 7) is 17.4. The van der Waals surface area contributed by atoms with Crippen molar-refractivity contribution in [2.24, 2.45) is 0 Å². The number of aliphatic hydroxyl groups is 1. The van der Waals surface area contributed by atoms with E-state index in [1.807, 2.05) is 97.9 Å². The molecule has 0 spiro atoms. The normalized spacial score (nSPS) is 14.8. The van der Waals surface area contributed by atoms with Crippen LogP contribution < -0.4 is 4.72 Å². The van der Waals surface area contributed by atoms with E-state index in [0.29, 0.717) is 16.5 Å². The molecular weight excluding hydrogens is 571 g/mol. The fourth-order valence-electron chi connectivity index (χ4n) is 7.32. The van der Waals surface area contributed by atoms with Gasteiger partial charge in [-0.2, -0.15) is 0 Å². The second kappa shape index (κ2) is 12.7. The van der Waals surface area contributed by atoms with Crippen LogP contribution in [-0.2, 0) is 20.1 Å². The molecule has 2 N–H and O–H groups in total. The molecule has 0 saturated heterocycles. The molecule has 0 aliphatic carbocycles. The molecule has 5 nitrogen and oxygen atoms in total. The first-order valence-electron chi connectivity index (χ1n) is 15.2. The molecule has 4 rings (SSSR count). The Bertz CT molecular complexity index is 1560. The molecule has 43 heavy (non-hydrogen) atoms. The van der Waals surface area contributed by atoms with Gasteiger partial charge in [0.25, 0.3) is 0 Å². The lowest BCUT2D eigenvalue weighted by atomic mass is 9.78. The maximum absolute atomic E-state index is 14.4. The van der Waals surface area contributed by atoms with Crippen LogP contribution in [0.15, 0.2) is 108 Å². The van der Waals surface area contributed by atoms with Crippen molar-refractivity contribution < 1.29 is 18.0 Å². The number of sulfonamides is 1. The minimum atomic E-state index is -4.14. The average molecular weight is 618 g/mol. The molecular formula is C36H47NO4SSi. The Labute approximate surface area is 259 Å². The van der Waals surface area contributed by atoms with Crippen LogP contribution in [0.3, 0.4) is 0 Å². The van der Waals surface area contributed by atoms with Crippen molar-refractivity contribution in [3.05, 3.63) is 114 Å². The van der Waals surface area contributed by atoms with Crippen molar-refractivity contribution in [3.8, 4) is 0 Å². The van der Waals surface area contributed by atoms with Gasteiger partial charge in [-0.25, -0.2) is 13.1 Å². The molecule has 2 atom stereocenters. The van der Waals surface area contributed by atoms with Gasteiger partial charge in [0.1, 0.15) is 5.60 Å². The lowest BCUT2D eigenvalue weighted by Crippen LogP contribution is -2.62. The van der Waals surface area contributed by atoms with Crippen LogP contribution in [0.25, 0.3) is 10.8 Å². The second-order valence-electron chi connectivity index (χ2n) is 13.3. The van der Waals surface area contributed by atoms with Gasteiger partial charge >= 0.3 is 0 Å². The maximum Gasteiger partial charge on any atom is 0.241 e. The Balaban J connectivity index is 1.97. The fourth-order valence-corrected chi connectivity index (χ4v) is 15.3. The monoisotopic (exact) mass is 617 g/mol. The van der Waals surface area contributed by atoms with Gasteiger partial charge in [-0.05, 0) is 45.6 Å². The lowest BCUT2D eigenvalue weighted by molar-refractivity contribution is -0.00487. The van der Waals surface area contributed by atoms with E-state index in [1.165, 1.54) is 0 Å². The van der Waals surface area contributed by atoms with E-state index in [-0.39, 0.29) is 21.0 Å². The first-order chi connectivity index (χ1) is 20.2. The standard InChI is InChI=1S/C36H47NO4SSi/c1-26(2)43(27(3)4,35(6,7)8)41-28(5)34(36(38,30-20-11-9-12-21-30)31-22-13-10-14-23-31)37-42(39,40)33-25-17-19-29-18-15-16-24-32(29)33/h9-28,34,37-38H,1-8H3. The van der Waals surface area contributed by atoms with Crippen molar-refractivity contribution in [3.63, 3.8) is 0 Å². The van der Waals surface area contributed by atoms with Gasteiger partial charge in [0.2, 0.25) is 18.3 Å². The molecule has 0 radical (unpaired) electrons. The zero-order chi connectivity index (χ0) is 31.6. The Morgan fingerprint density at radius 1 is 0.698 bits per heavy atom. The van der Waals surface area contributed by atoms with E-state index in [9.17, 15) is 13.5 Å². The molecule has 0 aliphatic rings. The second-order valence-corrected chi connectivity index (χ2v) is 20.6. The number of hydrogen-bond acceptors (Lipinski definition) is 4. The molecule has 0 aliphatic heterocycles. The fraction of sp³-hybridized carbons (Fsp3) is 0.389. The molecule has 2 unspecified atom stereocenters. The van der Waals surface area contributed by atoms with Crippen LogP contribution in [0, 0.1) is 0 Å². The first kappa shape index (κ1) is 33.1. The van der Waals surface area contributed by atoms with Crippen LogP contribution in [0.4, 0.5) is 0 Å². The van der Waals surface area contributed by atoms with Crippen LogP contribution in [0.5, 0.6) is 0 Å². The molecule has 7 heteroatoms. The molecule has 0 amide bonds. The summed E-state index contributed by atoms with van der Waals surface area (Å²) in [6.07, 6.45) is -0.689. The third-order valence-corrected chi connectivity index (χ3v) is 17.0. The first-order valence-corrected chi connectivity index (χ1v) is 18.7. The van der Waals surface area contributed by atoms with E-state index < -0.39 is 36.1 Å². The zero-order valence-corrected chi connectivity index (χ0v) is 28.5. The summed E-state index contributed by atoms with van der Waals surface area (Å²) in [5, 5.41) is 14.3. The van der Waals surface area contributed by atoms with Crippen molar-refractivity contribution in [2.75, 3.05) is 0 Å². The number of rotatable bonds is 11. The van der Waals surface area contributed by atoms with Gasteiger partial charge in [-0.3, -0.25) is 0 Å². The highest BCUT2D eigenvalue weighted by Crippen LogP contribution is 2.52. The number of fused-ring (bicyclic) bond motifs is 1. The van der Waals surface area contributed by atoms with Gasteiger partial charge in [-0.1, -0.05) is 146 Å². The summed E-state index contributed by atoms with van der Waals surface area (Å²) in [4.78, 5) is 0.165. The Morgan fingerprint density at radius 3 is 1.65 bits per heavy atom. The highest BCUT2D eigenvalue weighted by molar-refractivity contribution is 7.89. The molecule has 0 fully saturated rings. The largest absolute Gasteiger partial charge is 0.411 e. The Kier molecular flexibility index (Phi) is 9.74. The maximum atomic E-state index is 14.4. The summed E-state index contributed by atoms with van der Waals surface area (Å²) in [5.74, 6) is 0. The van der Waals surface area contributed by atoms with Gasteiger partial charge in [0.15, 0.2) is 0 Å². The summed E-state index contributed by atoms with van der Waals surface area (Å²) in [5.41, 5.74) is -0.0941. The van der Waals surface area contributed by atoms with Gasteiger partial charge in [0, 0.05) is 5.39 Å². The highest BCUT2D eigenvalue weighted by Gasteiger charge is 2.55. The van der Waals surface area contributed by atoms with E-state index in [1.54, 1.807) is 12.1 Å². The van der Waals surface area contributed by atoms with Crippen molar-refractivity contribution >= 4 is 29.1 Å². The quantitative estimate of drug-likeness (QED) is 0.166. The van der Waals surface area contributed by atoms with Crippen molar-refractivity contribution in [1.29, 1.82) is 0 Å². The van der Waals surface area contributed by atoms with Crippen LogP contribution >= 0.6 is 0 Å². The molecule has 0 heterocycles. The number of benzene rings is 4. The highest BCUT2D eigenvalue weighted by atomic mass is 32.2. The van der Waals surface area contributed by atoms with Gasteiger partial charge < -0.3 is 9.53 Å². The van der Waals surface area contributed by atoms with Crippen LogP contribution in [0.1, 0.15) is 66.5 Å². The molecule has 4 aromatic rings. The Morgan fingerprint density at radius 2 is 1.16 bits per heavy atom. The average Bonchev–Trinajstić information content (AvgIpc) is 2.97. The molecule has 4 aromatic carbocycles. The van der Waals surface area contributed by atoms with Crippen LogP contribution in [-0.4, -0.2) is 34.0 Å². The Hall–Kier alpha value is -2.81. The summed E-state index contributed by atoms with van der Waals surface area (Å²) in [7, 11) is -6.74. The third kappa shape index (κ3) is 6.24. The van der Waals surface area contributed by atoms with Gasteiger partial charge in [0.05, 0.1) is 17.0 Å². The number of hydrogen-bond donors (Lipinski definition) is 2. The van der Waals surface area contributed by atoms with E-state index in [2.05, 4.69) is 53.2 Å². The lowest BCUT2D eigenvalue weighted by Gasteiger charge is -2.52. The minimum Gasteiger partial charge on any atom is -0.411 e. The summed E-state index contributed by atoms with van der Waals surface area (Å²) < 4.78 is 39.2. The van der Waals surface area contributed by atoms with Gasteiger partial charge in [-0.15, -0.1) is 0 Å². The van der Waals surface area contributed by atoms with Crippen LogP contribution in [0.2, 0.25) is 16.1 Å². The van der Waals surface area contributed by atoms with E-state index in [0.717, 1.165) is 5.39 Å². The number of nitrogens with one attached hydrogen (secondary N) is 1. The zero-order valence-electron chi connectivity index (χ0n) is 26.7. The predicted octanol–water partition coefficient (Wildman–Crippen LogP) is 8.39. The minimum absolute atomic E-state index is 0.153.